The molecule has 0 saturated heterocycles. The van der Waals surface area contributed by atoms with Gasteiger partial charge < -0.3 is 15.2 Å². The average Bonchev–Trinajstić information content (AvgIpc) is 2.91. The van der Waals surface area contributed by atoms with Gasteiger partial charge in [0.05, 0.1) is 13.2 Å². The summed E-state index contributed by atoms with van der Waals surface area (Å²) in [7, 11) is 1.69. The number of halogens is 1. The molecule has 0 aliphatic heterocycles. The Labute approximate surface area is 122 Å². The first-order valence-corrected chi connectivity index (χ1v) is 7.76. The van der Waals surface area contributed by atoms with E-state index in [4.69, 9.17) is 15.2 Å². The Kier molecular flexibility index (Phi) is 3.48. The fraction of sp³-hybridized carbons (Fsp3) is 0.600. The van der Waals surface area contributed by atoms with E-state index in [2.05, 4.69) is 15.9 Å². The van der Waals surface area contributed by atoms with E-state index in [1.165, 1.54) is 12.8 Å². The van der Waals surface area contributed by atoms with Gasteiger partial charge >= 0.3 is 0 Å². The first-order chi connectivity index (χ1) is 9.14. The number of rotatable bonds is 4. The van der Waals surface area contributed by atoms with Gasteiger partial charge in [-0.1, -0.05) is 15.9 Å². The molecule has 3 rings (SSSR count). The minimum atomic E-state index is -0.235. The van der Waals surface area contributed by atoms with E-state index in [-0.39, 0.29) is 5.54 Å². The van der Waals surface area contributed by atoms with Crippen LogP contribution in [0.15, 0.2) is 16.6 Å². The lowest BCUT2D eigenvalue weighted by molar-refractivity contribution is 0.197. The Balaban J connectivity index is 2.00. The molecular weight excluding hydrogens is 306 g/mol. The minimum absolute atomic E-state index is 0.235. The summed E-state index contributed by atoms with van der Waals surface area (Å²) in [4.78, 5) is 0. The van der Waals surface area contributed by atoms with Crippen molar-refractivity contribution in [3.8, 4) is 11.5 Å². The van der Waals surface area contributed by atoms with Crippen LogP contribution in [0.4, 0.5) is 0 Å². The number of hydrogen-bond acceptors (Lipinski definition) is 3. The summed E-state index contributed by atoms with van der Waals surface area (Å²) in [6.07, 6.45) is 7.11. The smallest absolute Gasteiger partial charge is 0.167 e. The zero-order valence-electron chi connectivity index (χ0n) is 11.2. The van der Waals surface area contributed by atoms with E-state index in [1.54, 1.807) is 7.11 Å². The van der Waals surface area contributed by atoms with Gasteiger partial charge in [-0.3, -0.25) is 0 Å². The summed E-state index contributed by atoms with van der Waals surface area (Å²) < 4.78 is 12.7. The van der Waals surface area contributed by atoms with Crippen LogP contribution in [0.2, 0.25) is 0 Å². The van der Waals surface area contributed by atoms with E-state index in [0.717, 1.165) is 47.2 Å². The van der Waals surface area contributed by atoms with E-state index in [9.17, 15) is 0 Å². The second kappa shape index (κ2) is 4.98. The largest absolute Gasteiger partial charge is 0.493 e. The van der Waals surface area contributed by atoms with Gasteiger partial charge in [-0.25, -0.2) is 0 Å². The highest BCUT2D eigenvalue weighted by atomic mass is 79.9. The van der Waals surface area contributed by atoms with Gasteiger partial charge in [0.2, 0.25) is 0 Å². The third-order valence-corrected chi connectivity index (χ3v) is 4.82. The lowest BCUT2D eigenvalue weighted by atomic mass is 10.0. The molecule has 3 nitrogen and oxygen atoms in total. The molecule has 4 heteroatoms. The molecule has 2 fully saturated rings. The molecule has 2 N–H and O–H groups in total. The fourth-order valence-corrected chi connectivity index (χ4v) is 3.55. The molecule has 2 saturated carbocycles. The van der Waals surface area contributed by atoms with Gasteiger partial charge in [0.1, 0.15) is 0 Å². The number of benzene rings is 1. The summed E-state index contributed by atoms with van der Waals surface area (Å²) in [6, 6.07) is 3.95. The molecule has 0 amide bonds. The van der Waals surface area contributed by atoms with Gasteiger partial charge in [-0.15, -0.1) is 0 Å². The normalized spacial score (nSPS) is 21.4. The molecule has 0 bridgehead atoms. The van der Waals surface area contributed by atoms with Crippen LogP contribution in [-0.2, 0) is 5.54 Å². The second-order valence-corrected chi connectivity index (χ2v) is 6.49. The zero-order valence-corrected chi connectivity index (χ0v) is 12.8. The summed E-state index contributed by atoms with van der Waals surface area (Å²) in [5, 5.41) is 0. The lowest BCUT2D eigenvalue weighted by Gasteiger charge is -2.23. The van der Waals surface area contributed by atoms with E-state index in [0.29, 0.717) is 6.10 Å². The van der Waals surface area contributed by atoms with E-state index >= 15 is 0 Å². The molecule has 0 radical (unpaired) electrons. The van der Waals surface area contributed by atoms with Crippen LogP contribution in [0, 0.1) is 0 Å². The summed E-state index contributed by atoms with van der Waals surface area (Å²) >= 11 is 3.62. The predicted molar refractivity (Wildman–Crippen MR) is 78.7 cm³/mol. The first kappa shape index (κ1) is 13.3. The second-order valence-electron chi connectivity index (χ2n) is 5.63. The third kappa shape index (κ3) is 2.48. The number of hydrogen-bond donors (Lipinski definition) is 1. The molecule has 0 heterocycles. The Hall–Kier alpha value is -0.740. The maximum absolute atomic E-state index is 6.40. The molecule has 0 unspecified atom stereocenters. The minimum Gasteiger partial charge on any atom is -0.493 e. The third-order valence-electron chi connectivity index (χ3n) is 4.16. The number of methoxy groups -OCH3 is 1. The first-order valence-electron chi connectivity index (χ1n) is 6.96. The molecule has 19 heavy (non-hydrogen) atoms. The molecular formula is C15H20BrNO2. The van der Waals surface area contributed by atoms with Crippen molar-refractivity contribution in [3.63, 3.8) is 0 Å². The molecule has 1 aromatic rings. The summed E-state index contributed by atoms with van der Waals surface area (Å²) in [5.74, 6) is 1.64. The SMILES string of the molecule is COc1ccc(Br)c(C2(N)CC2)c1OC1CCCC1. The van der Waals surface area contributed by atoms with Crippen molar-refractivity contribution in [2.24, 2.45) is 5.73 Å². The topological polar surface area (TPSA) is 44.5 Å². The highest BCUT2D eigenvalue weighted by Crippen LogP contribution is 2.52. The van der Waals surface area contributed by atoms with Crippen LogP contribution < -0.4 is 15.2 Å². The maximum Gasteiger partial charge on any atom is 0.167 e. The molecule has 0 aromatic heterocycles. The molecule has 2 aliphatic carbocycles. The maximum atomic E-state index is 6.40. The van der Waals surface area contributed by atoms with E-state index < -0.39 is 0 Å². The lowest BCUT2D eigenvalue weighted by Crippen LogP contribution is -2.23. The van der Waals surface area contributed by atoms with E-state index in [1.807, 2.05) is 12.1 Å². The Morgan fingerprint density at radius 1 is 1.26 bits per heavy atom. The van der Waals surface area contributed by atoms with Gasteiger partial charge in [0.15, 0.2) is 11.5 Å². The van der Waals surface area contributed by atoms with Crippen molar-refractivity contribution in [1.82, 2.24) is 0 Å². The van der Waals surface area contributed by atoms with Crippen molar-refractivity contribution in [3.05, 3.63) is 22.2 Å². The molecule has 0 atom stereocenters. The van der Waals surface area contributed by atoms with Crippen LogP contribution in [0.5, 0.6) is 11.5 Å². The van der Waals surface area contributed by atoms with Gasteiger partial charge in [-0.2, -0.15) is 0 Å². The Morgan fingerprint density at radius 3 is 2.53 bits per heavy atom. The highest BCUT2D eigenvalue weighted by molar-refractivity contribution is 9.10. The standard InChI is InChI=1S/C15H20BrNO2/c1-18-12-7-6-11(16)13(15(17)8-9-15)14(12)19-10-4-2-3-5-10/h6-7,10H,2-5,8-9,17H2,1H3. The molecule has 0 spiro atoms. The Bertz CT molecular complexity index is 479. The van der Waals surface area contributed by atoms with Crippen LogP contribution in [0.3, 0.4) is 0 Å². The van der Waals surface area contributed by atoms with Crippen molar-refractivity contribution < 1.29 is 9.47 Å². The van der Waals surface area contributed by atoms with Crippen LogP contribution in [0.25, 0.3) is 0 Å². The van der Waals surface area contributed by atoms with Crippen molar-refractivity contribution >= 4 is 15.9 Å². The van der Waals surface area contributed by atoms with Crippen LogP contribution in [-0.4, -0.2) is 13.2 Å². The zero-order chi connectivity index (χ0) is 13.5. The summed E-state index contributed by atoms with van der Waals surface area (Å²) in [6.45, 7) is 0. The van der Waals surface area contributed by atoms with Crippen LogP contribution in [0.1, 0.15) is 44.1 Å². The average molecular weight is 326 g/mol. The van der Waals surface area contributed by atoms with Crippen molar-refractivity contribution in [1.29, 1.82) is 0 Å². The monoisotopic (exact) mass is 325 g/mol. The van der Waals surface area contributed by atoms with Gasteiger partial charge in [0.25, 0.3) is 0 Å². The van der Waals surface area contributed by atoms with Gasteiger partial charge in [-0.05, 0) is 50.7 Å². The fourth-order valence-electron chi connectivity index (χ4n) is 2.84. The van der Waals surface area contributed by atoms with Crippen molar-refractivity contribution in [2.75, 3.05) is 7.11 Å². The number of nitrogens with two attached hydrogens (primary N) is 1. The number of ether oxygens (including phenoxy) is 2. The Morgan fingerprint density at radius 2 is 1.95 bits per heavy atom. The molecule has 2 aliphatic rings. The molecule has 104 valence electrons. The highest BCUT2D eigenvalue weighted by Gasteiger charge is 2.45. The quantitative estimate of drug-likeness (QED) is 0.917. The summed E-state index contributed by atoms with van der Waals surface area (Å²) in [5.41, 5.74) is 7.25. The van der Waals surface area contributed by atoms with Crippen molar-refractivity contribution in [2.45, 2.75) is 50.2 Å². The molecule has 1 aromatic carbocycles. The van der Waals surface area contributed by atoms with Crippen LogP contribution >= 0.6 is 15.9 Å². The predicted octanol–water partition coefficient (Wildman–Crippen LogP) is 3.73. The van der Waals surface area contributed by atoms with Gasteiger partial charge in [0, 0.05) is 15.6 Å².